The van der Waals surface area contributed by atoms with Gasteiger partial charge in [-0.1, -0.05) is 38.1 Å². The van der Waals surface area contributed by atoms with Gasteiger partial charge in [0, 0.05) is 17.5 Å². The van der Waals surface area contributed by atoms with Crippen molar-refractivity contribution in [3.63, 3.8) is 0 Å². The fourth-order valence-electron chi connectivity index (χ4n) is 2.53. The normalized spacial score (nSPS) is 11.0. The van der Waals surface area contributed by atoms with Crippen molar-refractivity contribution < 1.29 is 9.53 Å². The maximum atomic E-state index is 11.7. The Morgan fingerprint density at radius 2 is 1.71 bits per heavy atom. The van der Waals surface area contributed by atoms with Crippen LogP contribution in [0.2, 0.25) is 0 Å². The van der Waals surface area contributed by atoms with Gasteiger partial charge in [-0.3, -0.25) is 4.79 Å². The van der Waals surface area contributed by atoms with Crippen molar-refractivity contribution in [1.29, 1.82) is 0 Å². The molecule has 0 aliphatic heterocycles. The van der Waals surface area contributed by atoms with E-state index in [9.17, 15) is 4.79 Å². The summed E-state index contributed by atoms with van der Waals surface area (Å²) in [6, 6.07) is 11.7. The van der Waals surface area contributed by atoms with E-state index in [1.807, 2.05) is 36.4 Å². The molecule has 0 N–H and O–H groups in total. The predicted octanol–water partition coefficient (Wildman–Crippen LogP) is 3.76. The van der Waals surface area contributed by atoms with Crippen LogP contribution in [0, 0.1) is 0 Å². The topological polar surface area (TPSA) is 29.5 Å². The summed E-state index contributed by atoms with van der Waals surface area (Å²) in [4.78, 5) is 14.0. The van der Waals surface area contributed by atoms with Crippen LogP contribution in [0.15, 0.2) is 36.4 Å². The lowest BCUT2D eigenvalue weighted by atomic mass is 10.0. The molecule has 0 saturated carbocycles. The molecule has 0 spiro atoms. The Balaban J connectivity index is 2.21. The largest absolute Gasteiger partial charge is 0.492 e. The van der Waals surface area contributed by atoms with Crippen LogP contribution in [0.25, 0.3) is 10.8 Å². The van der Waals surface area contributed by atoms with E-state index >= 15 is 0 Å². The van der Waals surface area contributed by atoms with E-state index in [0.717, 1.165) is 41.7 Å². The van der Waals surface area contributed by atoms with Gasteiger partial charge in [0.15, 0.2) is 5.78 Å². The first-order valence-corrected chi connectivity index (χ1v) is 7.55. The van der Waals surface area contributed by atoms with Crippen molar-refractivity contribution >= 4 is 16.6 Å². The van der Waals surface area contributed by atoms with Gasteiger partial charge in [0.2, 0.25) is 0 Å². The molecule has 0 unspecified atom stereocenters. The van der Waals surface area contributed by atoms with E-state index in [2.05, 4.69) is 18.7 Å². The van der Waals surface area contributed by atoms with Crippen LogP contribution < -0.4 is 4.74 Å². The minimum absolute atomic E-state index is 0.0842. The first-order chi connectivity index (χ1) is 10.2. The lowest BCUT2D eigenvalue weighted by Gasteiger charge is -2.18. The number of Topliss-reactive ketones (excluding diaryl/α,β-unsaturated/α-hetero) is 1. The van der Waals surface area contributed by atoms with Crippen LogP contribution in [0.4, 0.5) is 0 Å². The van der Waals surface area contributed by atoms with Crippen LogP contribution in [0.3, 0.4) is 0 Å². The van der Waals surface area contributed by atoms with Gasteiger partial charge < -0.3 is 9.64 Å². The Labute approximate surface area is 126 Å². The number of hydrogen-bond donors (Lipinski definition) is 0. The number of hydrogen-bond acceptors (Lipinski definition) is 3. The van der Waals surface area contributed by atoms with E-state index < -0.39 is 0 Å². The molecule has 0 amide bonds. The monoisotopic (exact) mass is 285 g/mol. The molecule has 0 aromatic heterocycles. The van der Waals surface area contributed by atoms with Gasteiger partial charge in [0.1, 0.15) is 12.4 Å². The van der Waals surface area contributed by atoms with Gasteiger partial charge in [-0.2, -0.15) is 0 Å². The number of ketones is 1. The molecule has 0 saturated heterocycles. The lowest BCUT2D eigenvalue weighted by molar-refractivity contribution is 0.101. The summed E-state index contributed by atoms with van der Waals surface area (Å²) in [7, 11) is 0. The Bertz CT molecular complexity index is 618. The zero-order valence-electron chi connectivity index (χ0n) is 13.1. The molecule has 2 aromatic rings. The Morgan fingerprint density at radius 1 is 1.05 bits per heavy atom. The Morgan fingerprint density at radius 3 is 2.33 bits per heavy atom. The van der Waals surface area contributed by atoms with Crippen molar-refractivity contribution in [2.24, 2.45) is 0 Å². The molecule has 21 heavy (non-hydrogen) atoms. The summed E-state index contributed by atoms with van der Waals surface area (Å²) >= 11 is 0. The van der Waals surface area contributed by atoms with Crippen LogP contribution in [0.1, 0.15) is 31.1 Å². The van der Waals surface area contributed by atoms with Crippen molar-refractivity contribution in [2.75, 3.05) is 26.2 Å². The number of ether oxygens (including phenoxy) is 1. The molecule has 2 aromatic carbocycles. The molecule has 0 fully saturated rings. The van der Waals surface area contributed by atoms with Crippen molar-refractivity contribution in [3.05, 3.63) is 42.0 Å². The van der Waals surface area contributed by atoms with Crippen molar-refractivity contribution in [1.82, 2.24) is 4.90 Å². The van der Waals surface area contributed by atoms with Gasteiger partial charge in [0.25, 0.3) is 0 Å². The zero-order chi connectivity index (χ0) is 15.2. The molecule has 0 radical (unpaired) electrons. The Hall–Kier alpha value is -1.87. The molecule has 0 aliphatic rings. The summed E-state index contributed by atoms with van der Waals surface area (Å²) in [5.74, 6) is 0.934. The third kappa shape index (κ3) is 3.61. The number of carbonyl (C=O) groups excluding carboxylic acids is 1. The molecule has 0 heterocycles. The first kappa shape index (κ1) is 15.5. The van der Waals surface area contributed by atoms with Gasteiger partial charge >= 0.3 is 0 Å². The molecular formula is C18H23NO2. The van der Waals surface area contributed by atoms with E-state index in [1.54, 1.807) is 6.92 Å². The van der Waals surface area contributed by atoms with Crippen molar-refractivity contribution in [3.8, 4) is 5.75 Å². The highest BCUT2D eigenvalue weighted by Crippen LogP contribution is 2.28. The summed E-state index contributed by atoms with van der Waals surface area (Å²) in [6.45, 7) is 9.54. The average molecular weight is 285 g/mol. The fraction of sp³-hybridized carbons (Fsp3) is 0.389. The molecule has 0 atom stereocenters. The molecule has 112 valence electrons. The molecule has 3 heteroatoms. The minimum atomic E-state index is 0.0842. The summed E-state index contributed by atoms with van der Waals surface area (Å²) in [6.07, 6.45) is 0. The summed E-state index contributed by atoms with van der Waals surface area (Å²) in [5.41, 5.74) is 0.752. The SMILES string of the molecule is CCN(CC)CCOc1ccc(C(C)=O)c2ccccc12. The fourth-order valence-corrected chi connectivity index (χ4v) is 2.53. The van der Waals surface area contributed by atoms with Gasteiger partial charge in [-0.05, 0) is 37.5 Å². The highest BCUT2D eigenvalue weighted by molar-refractivity contribution is 6.08. The number of rotatable bonds is 7. The standard InChI is InChI=1S/C18H23NO2/c1-4-19(5-2)12-13-21-18-11-10-15(14(3)20)16-8-6-7-9-17(16)18/h6-11H,4-5,12-13H2,1-3H3. The second-order valence-electron chi connectivity index (χ2n) is 5.09. The third-order valence-corrected chi connectivity index (χ3v) is 3.82. The number of likely N-dealkylation sites (N-methyl/N-ethyl adjacent to an activating group) is 1. The molecule has 0 bridgehead atoms. The number of fused-ring (bicyclic) bond motifs is 1. The van der Waals surface area contributed by atoms with E-state index in [-0.39, 0.29) is 5.78 Å². The van der Waals surface area contributed by atoms with Gasteiger partial charge in [-0.25, -0.2) is 0 Å². The number of nitrogens with zero attached hydrogens (tertiary/aromatic N) is 1. The van der Waals surface area contributed by atoms with Gasteiger partial charge in [-0.15, -0.1) is 0 Å². The lowest BCUT2D eigenvalue weighted by Crippen LogP contribution is -2.27. The highest BCUT2D eigenvalue weighted by Gasteiger charge is 2.09. The second kappa shape index (κ2) is 7.23. The third-order valence-electron chi connectivity index (χ3n) is 3.82. The summed E-state index contributed by atoms with van der Waals surface area (Å²) in [5, 5.41) is 1.97. The van der Waals surface area contributed by atoms with E-state index in [0.29, 0.717) is 6.61 Å². The van der Waals surface area contributed by atoms with Crippen molar-refractivity contribution in [2.45, 2.75) is 20.8 Å². The molecule has 0 aliphatic carbocycles. The molecule has 3 nitrogen and oxygen atoms in total. The average Bonchev–Trinajstić information content (AvgIpc) is 2.51. The van der Waals surface area contributed by atoms with Crippen LogP contribution >= 0.6 is 0 Å². The maximum absolute atomic E-state index is 11.7. The predicted molar refractivity (Wildman–Crippen MR) is 87.2 cm³/mol. The van der Waals surface area contributed by atoms with E-state index in [1.165, 1.54) is 0 Å². The van der Waals surface area contributed by atoms with E-state index in [4.69, 9.17) is 4.74 Å². The van der Waals surface area contributed by atoms with Crippen LogP contribution in [0.5, 0.6) is 5.75 Å². The smallest absolute Gasteiger partial charge is 0.160 e. The number of carbonyl (C=O) groups is 1. The van der Waals surface area contributed by atoms with Crippen LogP contribution in [-0.4, -0.2) is 36.9 Å². The molecular weight excluding hydrogens is 262 g/mol. The quantitative estimate of drug-likeness (QED) is 0.725. The molecule has 2 rings (SSSR count). The maximum Gasteiger partial charge on any atom is 0.160 e. The Kier molecular flexibility index (Phi) is 5.34. The number of benzene rings is 2. The summed E-state index contributed by atoms with van der Waals surface area (Å²) < 4.78 is 5.94. The van der Waals surface area contributed by atoms with Crippen LogP contribution in [-0.2, 0) is 0 Å². The zero-order valence-corrected chi connectivity index (χ0v) is 13.1. The van der Waals surface area contributed by atoms with Gasteiger partial charge in [0.05, 0.1) is 0 Å². The highest BCUT2D eigenvalue weighted by atomic mass is 16.5. The minimum Gasteiger partial charge on any atom is -0.492 e. The second-order valence-corrected chi connectivity index (χ2v) is 5.09. The first-order valence-electron chi connectivity index (χ1n) is 7.55.